The van der Waals surface area contributed by atoms with E-state index >= 15 is 0 Å². The third-order valence-corrected chi connectivity index (χ3v) is 3.76. The average molecular weight is 300 g/mol. The molecule has 2 aliphatic heterocycles. The van der Waals surface area contributed by atoms with Gasteiger partial charge in [0.2, 0.25) is 5.91 Å². The van der Waals surface area contributed by atoms with Crippen LogP contribution in [0.4, 0.5) is 0 Å². The lowest BCUT2D eigenvalue weighted by Gasteiger charge is -2.14. The van der Waals surface area contributed by atoms with Gasteiger partial charge < -0.3 is 10.1 Å². The fourth-order valence-electron chi connectivity index (χ4n) is 2.55. The molecule has 1 amide bonds. The van der Waals surface area contributed by atoms with Crippen LogP contribution >= 0.6 is 0 Å². The van der Waals surface area contributed by atoms with Gasteiger partial charge in [0, 0.05) is 6.92 Å². The Morgan fingerprint density at radius 2 is 2.09 bits per heavy atom. The van der Waals surface area contributed by atoms with E-state index in [4.69, 9.17) is 9.57 Å². The van der Waals surface area contributed by atoms with E-state index in [0.717, 1.165) is 24.3 Å². The molecule has 116 valence electrons. The molecule has 0 bridgehead atoms. The van der Waals surface area contributed by atoms with Crippen molar-refractivity contribution in [1.29, 1.82) is 0 Å². The first-order valence-electron chi connectivity index (χ1n) is 7.48. The number of ether oxygens (including phenoxy) is 1. The minimum absolute atomic E-state index is 0.0560. The molecule has 2 heterocycles. The predicted octanol–water partition coefficient (Wildman–Crippen LogP) is 1.87. The maximum Gasteiger partial charge on any atom is 0.216 e. The standard InChI is InChI=1S/C17H20N2O3/c1-12(20)18-11-16-10-17(19-22-16)15-4-2-13(3-5-15)14-6-8-21-9-7-14/h2-6,10,16,19H,7-9,11H2,1H3,(H,18,20). The zero-order valence-corrected chi connectivity index (χ0v) is 12.6. The Labute approximate surface area is 129 Å². The zero-order chi connectivity index (χ0) is 15.4. The Balaban J connectivity index is 1.66. The van der Waals surface area contributed by atoms with E-state index in [1.165, 1.54) is 18.1 Å². The van der Waals surface area contributed by atoms with Gasteiger partial charge >= 0.3 is 0 Å². The summed E-state index contributed by atoms with van der Waals surface area (Å²) in [6.45, 7) is 3.45. The van der Waals surface area contributed by atoms with Crippen molar-refractivity contribution in [3.8, 4) is 0 Å². The fraction of sp³-hybridized carbons (Fsp3) is 0.353. The van der Waals surface area contributed by atoms with E-state index < -0.39 is 0 Å². The minimum Gasteiger partial charge on any atom is -0.377 e. The van der Waals surface area contributed by atoms with Gasteiger partial charge in [0.05, 0.1) is 25.5 Å². The monoisotopic (exact) mass is 300 g/mol. The molecule has 0 spiro atoms. The van der Waals surface area contributed by atoms with Crippen LogP contribution in [0.15, 0.2) is 36.4 Å². The quantitative estimate of drug-likeness (QED) is 0.891. The predicted molar refractivity (Wildman–Crippen MR) is 84.5 cm³/mol. The third-order valence-electron chi connectivity index (χ3n) is 3.76. The number of amides is 1. The Kier molecular flexibility index (Phi) is 4.56. The number of carbonyl (C=O) groups is 1. The van der Waals surface area contributed by atoms with Crippen molar-refractivity contribution in [3.05, 3.63) is 47.5 Å². The molecule has 0 fully saturated rings. The van der Waals surface area contributed by atoms with Gasteiger partial charge in [-0.2, -0.15) is 0 Å². The zero-order valence-electron chi connectivity index (χ0n) is 12.6. The molecule has 5 nitrogen and oxygen atoms in total. The number of hydrogen-bond acceptors (Lipinski definition) is 4. The van der Waals surface area contributed by atoms with Crippen molar-refractivity contribution in [3.63, 3.8) is 0 Å². The number of hydroxylamine groups is 1. The Hall–Kier alpha value is -2.11. The summed E-state index contributed by atoms with van der Waals surface area (Å²) in [5, 5.41) is 2.74. The van der Waals surface area contributed by atoms with Crippen molar-refractivity contribution in [1.82, 2.24) is 10.8 Å². The molecule has 3 rings (SSSR count). The molecule has 22 heavy (non-hydrogen) atoms. The molecular weight excluding hydrogens is 280 g/mol. The van der Waals surface area contributed by atoms with Gasteiger partial charge in [0.15, 0.2) is 0 Å². The molecule has 1 aromatic carbocycles. The minimum atomic E-state index is -0.142. The maximum absolute atomic E-state index is 10.9. The molecule has 0 saturated heterocycles. The average Bonchev–Trinajstić information content (AvgIpc) is 3.03. The van der Waals surface area contributed by atoms with Crippen LogP contribution in [-0.4, -0.2) is 31.8 Å². The van der Waals surface area contributed by atoms with Gasteiger partial charge in [-0.3, -0.25) is 15.1 Å². The first-order chi connectivity index (χ1) is 10.7. The van der Waals surface area contributed by atoms with Gasteiger partial charge in [0.1, 0.15) is 6.10 Å². The lowest BCUT2D eigenvalue weighted by atomic mass is 9.99. The van der Waals surface area contributed by atoms with Crippen molar-refractivity contribution in [2.75, 3.05) is 19.8 Å². The second-order valence-electron chi connectivity index (χ2n) is 5.41. The fourth-order valence-corrected chi connectivity index (χ4v) is 2.55. The number of benzene rings is 1. The highest BCUT2D eigenvalue weighted by molar-refractivity contribution is 5.73. The second-order valence-corrected chi connectivity index (χ2v) is 5.41. The largest absolute Gasteiger partial charge is 0.377 e. The molecule has 1 unspecified atom stereocenters. The summed E-state index contributed by atoms with van der Waals surface area (Å²) in [4.78, 5) is 16.3. The van der Waals surface area contributed by atoms with Gasteiger partial charge in [-0.05, 0) is 29.2 Å². The summed E-state index contributed by atoms with van der Waals surface area (Å²) in [7, 11) is 0. The first-order valence-corrected chi connectivity index (χ1v) is 7.48. The van der Waals surface area contributed by atoms with Crippen LogP contribution in [-0.2, 0) is 14.4 Å². The lowest BCUT2D eigenvalue weighted by Crippen LogP contribution is -2.30. The molecule has 0 aliphatic carbocycles. The number of nitrogens with one attached hydrogen (secondary N) is 2. The maximum atomic E-state index is 10.9. The van der Waals surface area contributed by atoms with E-state index in [-0.39, 0.29) is 12.0 Å². The van der Waals surface area contributed by atoms with Crippen LogP contribution in [0.5, 0.6) is 0 Å². The molecule has 0 radical (unpaired) electrons. The van der Waals surface area contributed by atoms with Gasteiger partial charge in [-0.15, -0.1) is 0 Å². The normalized spacial score (nSPS) is 20.9. The van der Waals surface area contributed by atoms with Crippen molar-refractivity contribution in [2.24, 2.45) is 0 Å². The Morgan fingerprint density at radius 1 is 1.32 bits per heavy atom. The summed E-state index contributed by atoms with van der Waals surface area (Å²) < 4.78 is 5.34. The summed E-state index contributed by atoms with van der Waals surface area (Å²) >= 11 is 0. The molecular formula is C17H20N2O3. The Bertz CT molecular complexity index is 605. The molecule has 0 saturated carbocycles. The first kappa shape index (κ1) is 14.8. The van der Waals surface area contributed by atoms with E-state index in [2.05, 4.69) is 41.1 Å². The van der Waals surface area contributed by atoms with E-state index in [9.17, 15) is 4.79 Å². The lowest BCUT2D eigenvalue weighted by molar-refractivity contribution is -0.119. The van der Waals surface area contributed by atoms with Crippen LogP contribution in [0.3, 0.4) is 0 Å². The summed E-state index contributed by atoms with van der Waals surface area (Å²) in [6, 6.07) is 8.40. The number of rotatable bonds is 4. The summed E-state index contributed by atoms with van der Waals surface area (Å²) in [5.41, 5.74) is 7.50. The van der Waals surface area contributed by atoms with Crippen molar-refractivity contribution >= 4 is 17.2 Å². The molecule has 0 aromatic heterocycles. The van der Waals surface area contributed by atoms with E-state index in [0.29, 0.717) is 13.2 Å². The smallest absolute Gasteiger partial charge is 0.216 e. The Morgan fingerprint density at radius 3 is 2.77 bits per heavy atom. The SMILES string of the molecule is CC(=O)NCC1C=C(c2ccc(C3=CCOCC3)cc2)NO1. The van der Waals surface area contributed by atoms with Crippen LogP contribution in [0.25, 0.3) is 11.3 Å². The van der Waals surface area contributed by atoms with Crippen molar-refractivity contribution < 1.29 is 14.4 Å². The van der Waals surface area contributed by atoms with Crippen LogP contribution in [0, 0.1) is 0 Å². The highest BCUT2D eigenvalue weighted by Crippen LogP contribution is 2.24. The summed E-state index contributed by atoms with van der Waals surface area (Å²) in [6.07, 6.45) is 4.94. The summed E-state index contributed by atoms with van der Waals surface area (Å²) in [5.74, 6) is -0.0560. The highest BCUT2D eigenvalue weighted by Gasteiger charge is 2.17. The number of carbonyl (C=O) groups excluding carboxylic acids is 1. The number of hydrogen-bond donors (Lipinski definition) is 2. The molecule has 5 heteroatoms. The van der Waals surface area contributed by atoms with E-state index in [1.54, 1.807) is 0 Å². The third kappa shape index (κ3) is 3.55. The van der Waals surface area contributed by atoms with Crippen LogP contribution in [0.2, 0.25) is 0 Å². The topological polar surface area (TPSA) is 59.6 Å². The van der Waals surface area contributed by atoms with Crippen LogP contribution in [0.1, 0.15) is 24.5 Å². The molecule has 2 N–H and O–H groups in total. The second kappa shape index (κ2) is 6.77. The van der Waals surface area contributed by atoms with Gasteiger partial charge in [-0.25, -0.2) is 0 Å². The van der Waals surface area contributed by atoms with Gasteiger partial charge in [0.25, 0.3) is 0 Å². The van der Waals surface area contributed by atoms with Gasteiger partial charge in [-0.1, -0.05) is 30.3 Å². The molecule has 1 atom stereocenters. The highest BCUT2D eigenvalue weighted by atomic mass is 16.7. The molecule has 2 aliphatic rings. The van der Waals surface area contributed by atoms with E-state index in [1.807, 2.05) is 6.08 Å². The van der Waals surface area contributed by atoms with Crippen molar-refractivity contribution in [2.45, 2.75) is 19.4 Å². The van der Waals surface area contributed by atoms with Crippen LogP contribution < -0.4 is 10.8 Å². The molecule has 1 aromatic rings.